The molecule has 0 amide bonds. The number of carbonyl (C=O) groups is 1. The third kappa shape index (κ3) is 6.02. The molecular formula is C10H15ClNO5P. The summed E-state index contributed by atoms with van der Waals surface area (Å²) in [5, 5.41) is 8.66. The standard InChI is InChI=1S/C10H14NO5P.ClH/c11-9-2-1-7(3-4-17(14,15)16)5-8(9)6-10(12)13;/h1-2,5H,3-4,6,11H2,(H,12,13)(H2,14,15,16);1H. The fourth-order valence-electron chi connectivity index (χ4n) is 1.41. The zero-order valence-corrected chi connectivity index (χ0v) is 11.2. The van der Waals surface area contributed by atoms with Crippen molar-refractivity contribution in [3.8, 4) is 0 Å². The molecule has 0 saturated carbocycles. The van der Waals surface area contributed by atoms with Gasteiger partial charge < -0.3 is 20.6 Å². The SMILES string of the molecule is Cl.Nc1ccc(CCP(=O)(O)O)cc1CC(=O)O. The van der Waals surface area contributed by atoms with Gasteiger partial charge in [-0.1, -0.05) is 12.1 Å². The summed E-state index contributed by atoms with van der Waals surface area (Å²) in [6.07, 6.45) is -0.268. The molecule has 0 spiro atoms. The maximum atomic E-state index is 10.7. The summed E-state index contributed by atoms with van der Waals surface area (Å²) >= 11 is 0. The van der Waals surface area contributed by atoms with E-state index >= 15 is 0 Å². The number of carboxylic acids is 1. The molecule has 0 radical (unpaired) electrons. The molecule has 1 aromatic rings. The molecule has 1 rings (SSSR count). The average molecular weight is 296 g/mol. The number of hydrogen-bond acceptors (Lipinski definition) is 3. The fourth-order valence-corrected chi connectivity index (χ4v) is 1.95. The molecule has 6 nitrogen and oxygen atoms in total. The number of aryl methyl sites for hydroxylation is 1. The highest BCUT2D eigenvalue weighted by atomic mass is 35.5. The Morgan fingerprint density at radius 1 is 1.33 bits per heavy atom. The maximum absolute atomic E-state index is 10.7. The maximum Gasteiger partial charge on any atom is 0.325 e. The monoisotopic (exact) mass is 295 g/mol. The Labute approximate surface area is 110 Å². The predicted molar refractivity (Wildman–Crippen MR) is 70.1 cm³/mol. The van der Waals surface area contributed by atoms with E-state index in [0.29, 0.717) is 16.8 Å². The van der Waals surface area contributed by atoms with E-state index in [2.05, 4.69) is 0 Å². The molecule has 0 aromatic heterocycles. The van der Waals surface area contributed by atoms with Crippen molar-refractivity contribution in [3.63, 3.8) is 0 Å². The highest BCUT2D eigenvalue weighted by Gasteiger charge is 2.13. The van der Waals surface area contributed by atoms with Gasteiger partial charge in [-0.2, -0.15) is 0 Å². The molecule has 102 valence electrons. The van der Waals surface area contributed by atoms with Gasteiger partial charge in [-0.3, -0.25) is 9.36 Å². The molecule has 8 heteroatoms. The van der Waals surface area contributed by atoms with Crippen molar-refractivity contribution < 1.29 is 24.3 Å². The molecule has 0 aliphatic rings. The molecular weight excluding hydrogens is 281 g/mol. The molecule has 0 saturated heterocycles. The largest absolute Gasteiger partial charge is 0.481 e. The van der Waals surface area contributed by atoms with Gasteiger partial charge >= 0.3 is 13.6 Å². The lowest BCUT2D eigenvalue weighted by Crippen LogP contribution is -2.05. The minimum atomic E-state index is -4.03. The minimum Gasteiger partial charge on any atom is -0.481 e. The highest BCUT2D eigenvalue weighted by molar-refractivity contribution is 7.51. The van der Waals surface area contributed by atoms with Crippen molar-refractivity contribution in [1.82, 2.24) is 0 Å². The summed E-state index contributed by atoms with van der Waals surface area (Å²) in [6, 6.07) is 4.75. The molecule has 18 heavy (non-hydrogen) atoms. The summed E-state index contributed by atoms with van der Waals surface area (Å²) in [5.74, 6) is -0.996. The lowest BCUT2D eigenvalue weighted by Gasteiger charge is -2.08. The molecule has 0 bridgehead atoms. The topological polar surface area (TPSA) is 121 Å². The van der Waals surface area contributed by atoms with Gasteiger partial charge in [0.05, 0.1) is 12.6 Å². The molecule has 0 unspecified atom stereocenters. The van der Waals surface area contributed by atoms with E-state index in [9.17, 15) is 9.36 Å². The van der Waals surface area contributed by atoms with Crippen molar-refractivity contribution in [2.45, 2.75) is 12.8 Å². The Kier molecular flexibility index (Phi) is 6.35. The van der Waals surface area contributed by atoms with E-state index < -0.39 is 13.6 Å². The van der Waals surface area contributed by atoms with Crippen LogP contribution in [0.2, 0.25) is 0 Å². The van der Waals surface area contributed by atoms with Crippen LogP contribution in [0.5, 0.6) is 0 Å². The van der Waals surface area contributed by atoms with E-state index in [-0.39, 0.29) is 31.4 Å². The van der Waals surface area contributed by atoms with Gasteiger partial charge in [-0.25, -0.2) is 0 Å². The van der Waals surface area contributed by atoms with Crippen molar-refractivity contribution in [2.75, 3.05) is 11.9 Å². The lowest BCUT2D eigenvalue weighted by atomic mass is 10.0. The Morgan fingerprint density at radius 3 is 2.44 bits per heavy atom. The van der Waals surface area contributed by atoms with Crippen molar-refractivity contribution >= 4 is 31.7 Å². The van der Waals surface area contributed by atoms with Crippen LogP contribution in [0.4, 0.5) is 5.69 Å². The smallest absolute Gasteiger partial charge is 0.325 e. The van der Waals surface area contributed by atoms with E-state index in [1.54, 1.807) is 18.2 Å². The number of nitrogens with two attached hydrogens (primary N) is 1. The van der Waals surface area contributed by atoms with Gasteiger partial charge in [0.25, 0.3) is 0 Å². The van der Waals surface area contributed by atoms with E-state index in [0.717, 1.165) is 0 Å². The van der Waals surface area contributed by atoms with Gasteiger partial charge in [0.1, 0.15) is 0 Å². The van der Waals surface area contributed by atoms with Crippen LogP contribution in [0, 0.1) is 0 Å². The Bertz CT molecular complexity index is 473. The summed E-state index contributed by atoms with van der Waals surface area (Å²) in [4.78, 5) is 28.1. The van der Waals surface area contributed by atoms with Crippen molar-refractivity contribution in [2.24, 2.45) is 0 Å². The predicted octanol–water partition coefficient (Wildman–Crippen LogP) is 1.04. The molecule has 0 aliphatic heterocycles. The fraction of sp³-hybridized carbons (Fsp3) is 0.300. The van der Waals surface area contributed by atoms with Crippen molar-refractivity contribution in [3.05, 3.63) is 29.3 Å². The first-order chi connectivity index (χ1) is 7.78. The molecule has 0 fully saturated rings. The van der Waals surface area contributed by atoms with E-state index in [1.165, 1.54) is 0 Å². The zero-order chi connectivity index (χ0) is 13.1. The van der Waals surface area contributed by atoms with Crippen LogP contribution in [0.25, 0.3) is 0 Å². The quantitative estimate of drug-likeness (QED) is 0.476. The molecule has 5 N–H and O–H groups in total. The second-order valence-electron chi connectivity index (χ2n) is 3.74. The number of nitrogen functional groups attached to an aromatic ring is 1. The number of aliphatic carboxylic acids is 1. The van der Waals surface area contributed by atoms with E-state index in [1.807, 2.05) is 0 Å². The number of hydrogen-bond donors (Lipinski definition) is 4. The van der Waals surface area contributed by atoms with Crippen molar-refractivity contribution in [1.29, 1.82) is 0 Å². The van der Waals surface area contributed by atoms with Crippen LogP contribution >= 0.6 is 20.0 Å². The number of halogens is 1. The van der Waals surface area contributed by atoms with Crippen LogP contribution in [0.15, 0.2) is 18.2 Å². The number of anilines is 1. The zero-order valence-electron chi connectivity index (χ0n) is 9.44. The van der Waals surface area contributed by atoms with Crippen LogP contribution in [-0.4, -0.2) is 27.0 Å². The van der Waals surface area contributed by atoms with Crippen LogP contribution in [-0.2, 0) is 22.2 Å². The number of rotatable bonds is 5. The summed E-state index contributed by atoms with van der Waals surface area (Å²) < 4.78 is 10.7. The van der Waals surface area contributed by atoms with E-state index in [4.69, 9.17) is 20.6 Å². The van der Waals surface area contributed by atoms with Gasteiger partial charge in [0.2, 0.25) is 0 Å². The summed E-state index contributed by atoms with van der Waals surface area (Å²) in [7, 11) is -4.03. The van der Waals surface area contributed by atoms with Gasteiger partial charge in [-0.15, -0.1) is 12.4 Å². The molecule has 0 heterocycles. The van der Waals surface area contributed by atoms with Gasteiger partial charge in [0, 0.05) is 5.69 Å². The number of benzene rings is 1. The Balaban J connectivity index is 0.00000289. The third-order valence-corrected chi connectivity index (χ3v) is 3.05. The minimum absolute atomic E-state index is 0. The second-order valence-corrected chi connectivity index (χ2v) is 5.52. The third-order valence-electron chi connectivity index (χ3n) is 2.24. The summed E-state index contributed by atoms with van der Waals surface area (Å²) in [5.41, 5.74) is 7.10. The lowest BCUT2D eigenvalue weighted by molar-refractivity contribution is -0.136. The highest BCUT2D eigenvalue weighted by Crippen LogP contribution is 2.35. The average Bonchev–Trinajstić information content (AvgIpc) is 2.17. The summed E-state index contributed by atoms with van der Waals surface area (Å²) in [6.45, 7) is 0. The first-order valence-electron chi connectivity index (χ1n) is 4.91. The molecule has 0 atom stereocenters. The first-order valence-corrected chi connectivity index (χ1v) is 6.71. The van der Waals surface area contributed by atoms with Gasteiger partial charge in [-0.05, 0) is 23.6 Å². The van der Waals surface area contributed by atoms with Gasteiger partial charge in [0.15, 0.2) is 0 Å². The normalized spacial score (nSPS) is 10.8. The van der Waals surface area contributed by atoms with Crippen LogP contribution in [0.3, 0.4) is 0 Å². The first kappa shape index (κ1) is 16.9. The number of carboxylic acid groups (broad SMARTS) is 1. The van der Waals surface area contributed by atoms with Crippen LogP contribution in [0.1, 0.15) is 11.1 Å². The molecule has 1 aromatic carbocycles. The Morgan fingerprint density at radius 2 is 1.94 bits per heavy atom. The Hall–Kier alpha value is -1.07. The van der Waals surface area contributed by atoms with Crippen LogP contribution < -0.4 is 5.73 Å². The molecule has 0 aliphatic carbocycles. The second kappa shape index (κ2) is 6.75.